The molecule has 8 heterocycles. The van der Waals surface area contributed by atoms with Gasteiger partial charge in [-0.15, -0.1) is 40.8 Å². The molecule has 5 aliphatic heterocycles. The predicted octanol–water partition coefficient (Wildman–Crippen LogP) is 15.5. The van der Waals surface area contributed by atoms with Crippen LogP contribution in [0.25, 0.3) is 0 Å². The number of aryl methyl sites for hydroxylation is 3. The number of nitrogens with one attached hydrogen (secondary N) is 10. The van der Waals surface area contributed by atoms with E-state index in [1.54, 1.807) is 43.3 Å². The van der Waals surface area contributed by atoms with Gasteiger partial charge in [0, 0.05) is 58.2 Å². The van der Waals surface area contributed by atoms with Gasteiger partial charge in [0.05, 0.1) is 92.1 Å². The third-order valence-corrected chi connectivity index (χ3v) is 22.9. The van der Waals surface area contributed by atoms with Gasteiger partial charge in [0.25, 0.3) is 16.7 Å². The number of anilines is 5. The molecule has 52 heteroatoms. The summed E-state index contributed by atoms with van der Waals surface area (Å²) in [5.41, 5.74) is 45.5. The SMILES string of the molecule is C=C1NC(=O)N(c2cc(C)c(Oc3cc(C(C)C)c(=O)[nH]n3)c(C)c2)N=C1N.C=C1NC(=O)N(c2cc(C)c(Oc3cc(C(C)C)c(=O)[nH]n3)c(Cl)c2)N=C1N.C=C1NC(=O)N(c2cc(Cl)c(OC(=N)/C=C(\C(N)=O)C(C)CC)c(Cl)c2)N=C1N.C=C1NC(=O)N(c2cc(Cl)c(OC(=N)/C=C(\C(N)=O)[C@@H](C)CC)c(Cl)c2)N=C1N.C=C1NC(=O)N(c2cc(Cl)c(Oc3cc([C@H](C)CC)c(=O)[nH]n3)c(Cl)c2)N=C1N. The maximum Gasteiger partial charge on any atom is 0.347 e. The van der Waals surface area contributed by atoms with E-state index < -0.39 is 42.0 Å². The predicted molar refractivity (Wildman–Crippen MR) is 552 cm³/mol. The van der Waals surface area contributed by atoms with Crippen molar-refractivity contribution in [2.45, 2.75) is 127 Å². The monoisotopic (exact) mass is 2100 g/mol. The highest BCUT2D eigenvalue weighted by Crippen LogP contribution is 2.44. The number of hydrogen-bond donors (Lipinski definition) is 17. The van der Waals surface area contributed by atoms with Gasteiger partial charge in [-0.1, -0.05) is 183 Å². The third-order valence-electron chi connectivity index (χ3n) is 21.0. The lowest BCUT2D eigenvalue weighted by atomic mass is 9.97. The van der Waals surface area contributed by atoms with Crippen LogP contribution in [0.3, 0.4) is 0 Å². The van der Waals surface area contributed by atoms with Crippen LogP contribution in [0, 0.1) is 43.4 Å². The van der Waals surface area contributed by atoms with Crippen LogP contribution < -0.4 is 132 Å². The minimum atomic E-state index is -0.645. The fraction of sp³-hybridized carbons (Fsp3) is 0.231. The molecule has 3 aromatic heterocycles. The van der Waals surface area contributed by atoms with E-state index in [0.29, 0.717) is 58.0 Å². The van der Waals surface area contributed by atoms with Crippen LogP contribution >= 0.6 is 81.2 Å². The number of amidine groups is 5. The molecule has 3 atom stereocenters. The number of rotatable bonds is 25. The summed E-state index contributed by atoms with van der Waals surface area (Å²) in [6, 6.07) is 17.1. The first-order chi connectivity index (χ1) is 67.1. The molecule has 12 amide bonds. The average Bonchev–Trinajstić information content (AvgIpc) is 0.803. The Balaban J connectivity index is 0.000000199. The second kappa shape index (κ2) is 47.7. The zero-order valence-corrected chi connectivity index (χ0v) is 84.1. The van der Waals surface area contributed by atoms with Gasteiger partial charge in [0.2, 0.25) is 41.2 Å². The minimum Gasteiger partial charge on any atom is -0.437 e. The first kappa shape index (κ1) is 111. The molecule has 8 aromatic rings. The highest BCUT2D eigenvalue weighted by atomic mass is 35.5. The summed E-state index contributed by atoms with van der Waals surface area (Å²) in [5, 5.41) is 73.0. The summed E-state index contributed by atoms with van der Waals surface area (Å²) in [7, 11) is 0. The van der Waals surface area contributed by atoms with Crippen LogP contribution in [-0.2, 0) is 9.59 Å². The number of aromatic nitrogens is 6. The Morgan fingerprint density at radius 2 is 0.594 bits per heavy atom. The Morgan fingerprint density at radius 3 is 0.853 bits per heavy atom. The van der Waals surface area contributed by atoms with Gasteiger partial charge >= 0.3 is 30.2 Å². The lowest BCUT2D eigenvalue weighted by molar-refractivity contribution is -0.115. The molecule has 1 unspecified atom stereocenters. The van der Waals surface area contributed by atoms with Crippen LogP contribution in [0.1, 0.15) is 140 Å². The number of hydrazone groups is 5. The number of benzene rings is 5. The van der Waals surface area contributed by atoms with Crippen molar-refractivity contribution in [1.82, 2.24) is 57.2 Å². The number of aromatic amines is 3. The Bertz CT molecular complexity index is 6570. The number of carbonyl (C=O) groups excluding carboxylic acids is 7. The Labute approximate surface area is 851 Å². The van der Waals surface area contributed by atoms with Gasteiger partial charge in [-0.2, -0.15) is 25.0 Å². The van der Waals surface area contributed by atoms with Crippen LogP contribution in [0.2, 0.25) is 35.2 Å². The molecule has 5 aromatic carbocycles. The van der Waals surface area contributed by atoms with Crippen LogP contribution in [0.15, 0.2) is 203 Å². The fourth-order valence-electron chi connectivity index (χ4n) is 12.7. The summed E-state index contributed by atoms with van der Waals surface area (Å²) in [6.07, 6.45) is 4.55. The topological polar surface area (TPSA) is 671 Å². The second-order valence-corrected chi connectivity index (χ2v) is 35.0. The number of H-pyrrole nitrogens is 3. The van der Waals surface area contributed by atoms with Crippen LogP contribution in [-0.4, -0.2) is 114 Å². The zero-order chi connectivity index (χ0) is 106. The van der Waals surface area contributed by atoms with Crippen LogP contribution in [0.4, 0.5) is 52.4 Å². The van der Waals surface area contributed by atoms with Gasteiger partial charge < -0.3 is 90.4 Å². The van der Waals surface area contributed by atoms with Crippen molar-refractivity contribution in [2.24, 2.45) is 77.5 Å². The van der Waals surface area contributed by atoms with E-state index >= 15 is 0 Å². The van der Waals surface area contributed by atoms with Gasteiger partial charge in [-0.3, -0.25) is 34.8 Å². The highest BCUT2D eigenvalue weighted by molar-refractivity contribution is 6.40. The second-order valence-electron chi connectivity index (χ2n) is 32.1. The number of nitrogens with zero attached hydrogens (tertiary/aromatic N) is 13. The van der Waals surface area contributed by atoms with E-state index in [1.807, 2.05) is 83.1 Å². The molecule has 143 heavy (non-hydrogen) atoms. The standard InChI is InChI=1S/C19H22N6O3.C18H18Cl2N6O3.2C18H20Cl2N6O3.C18H19ClN6O3/c1-9(2)14-8-15(22-23-18(14)26)28-16-10(3)6-13(7-11(16)4)25-19(27)21-12(5)17(20)24-25;1-4-8(2)11-7-14(23-24-17(11)27)29-15-12(19)5-10(6-13(15)20)26-18(28)22-9(3)16(21)25-26;2*1-4-8(2)11(17(23)27)7-14(21)29-15-12(19)5-10(6-13(15)20)26-18(28)24-9(3)16(22)25-26;1-8(2)12-7-14(22-23-17(12)26)28-15-9(3)5-11(6-13(15)19)25-18(27)21-10(4)16(20)24-25/h6-9H,5H2,1-4H3,(H2,20,24)(H,21,27)(H,23,26);5-8H,3-4H2,1-2H3,(H2,21,25)(H,22,28)(H,24,27);2*5-8,21H,3-4H2,1-2H3,(H2,22,25)(H2,23,27)(H,24,28);5-8H,4H2,1-3H3,(H2,20,24)(H,21,27)(H,23,26)/b;;2*11-7-,21-14?;/t;2*8-;;/m.10../s1. The van der Waals surface area contributed by atoms with E-state index in [2.05, 4.69) is 116 Å². The van der Waals surface area contributed by atoms with Crippen molar-refractivity contribution in [3.05, 3.63) is 263 Å². The molecule has 0 saturated heterocycles. The molecular weight excluding hydrogens is 2000 g/mol. The number of amides is 12. The van der Waals surface area contributed by atoms with Crippen molar-refractivity contribution >= 4 is 193 Å². The van der Waals surface area contributed by atoms with Crippen molar-refractivity contribution in [3.63, 3.8) is 0 Å². The molecule has 0 bridgehead atoms. The molecule has 13 rings (SSSR count). The first-order valence-corrected chi connectivity index (χ1v) is 45.3. The summed E-state index contributed by atoms with van der Waals surface area (Å²) in [4.78, 5) is 120. The van der Waals surface area contributed by atoms with Gasteiger partial charge in [-0.25, -0.2) is 39.3 Å². The van der Waals surface area contributed by atoms with Crippen LogP contribution in [0.5, 0.6) is 46.4 Å². The quantitative estimate of drug-likeness (QED) is 0.0144. The number of hydrogen-bond acceptors (Lipinski definition) is 30. The molecule has 45 nitrogen and oxygen atoms in total. The summed E-state index contributed by atoms with van der Waals surface area (Å²) < 4.78 is 28.2. The lowest BCUT2D eigenvalue weighted by Crippen LogP contribution is -2.45. The van der Waals surface area contributed by atoms with Gasteiger partial charge in [0.15, 0.2) is 52.2 Å². The Kier molecular flexibility index (Phi) is 36.9. The normalized spacial score (nSPS) is 14.9. The van der Waals surface area contributed by atoms with E-state index in [-0.39, 0.29) is 214 Å². The maximum absolute atomic E-state index is 12.2. The minimum absolute atomic E-state index is 0.00345. The van der Waals surface area contributed by atoms with E-state index in [4.69, 9.17) is 156 Å². The molecule has 0 fully saturated rings. The molecule has 5 aliphatic rings. The number of primary amides is 2. The third kappa shape index (κ3) is 27.6. The van der Waals surface area contributed by atoms with Crippen molar-refractivity contribution in [1.29, 1.82) is 10.8 Å². The molecule has 0 aliphatic carbocycles. The lowest BCUT2D eigenvalue weighted by Gasteiger charge is -2.25. The fourth-order valence-corrected chi connectivity index (χ4v) is 14.6. The zero-order valence-electron chi connectivity index (χ0n) is 78.8. The van der Waals surface area contributed by atoms with Crippen molar-refractivity contribution in [3.8, 4) is 46.4 Å². The number of carbonyl (C=O) groups is 7. The molecular formula is C91H99Cl7N30O15. The number of ether oxygens (including phenoxy) is 5. The molecule has 24 N–H and O–H groups in total. The van der Waals surface area contributed by atoms with Crippen molar-refractivity contribution < 1.29 is 57.2 Å². The average molecular weight is 2100 g/mol. The highest BCUT2D eigenvalue weighted by Gasteiger charge is 2.33. The number of urea groups is 5. The molecule has 0 radical (unpaired) electrons. The first-order valence-electron chi connectivity index (χ1n) is 42.6. The molecule has 752 valence electrons. The number of nitrogens with two attached hydrogens (primary N) is 7. The molecule has 0 saturated carbocycles. The summed E-state index contributed by atoms with van der Waals surface area (Å²) in [6.45, 7) is 42.3. The largest absolute Gasteiger partial charge is 0.437 e. The number of halogens is 7. The summed E-state index contributed by atoms with van der Waals surface area (Å²) in [5.74, 6) is -0.341. The van der Waals surface area contributed by atoms with Gasteiger partial charge in [-0.05, 0) is 147 Å². The van der Waals surface area contributed by atoms with Crippen molar-refractivity contribution in [2.75, 3.05) is 25.0 Å². The summed E-state index contributed by atoms with van der Waals surface area (Å²) >= 11 is 43.9. The Morgan fingerprint density at radius 1 is 0.364 bits per heavy atom. The molecule has 0 spiro atoms. The van der Waals surface area contributed by atoms with Gasteiger partial charge in [0.1, 0.15) is 5.75 Å². The van der Waals surface area contributed by atoms with E-state index in [1.165, 1.54) is 59.6 Å². The Hall–Kier alpha value is -16.1. The van der Waals surface area contributed by atoms with E-state index in [9.17, 15) is 47.9 Å². The van der Waals surface area contributed by atoms with E-state index in [0.717, 1.165) is 37.6 Å². The smallest absolute Gasteiger partial charge is 0.347 e. The maximum atomic E-state index is 12.2.